The molecule has 0 saturated carbocycles. The molecule has 2 aromatic rings. The van der Waals surface area contributed by atoms with Gasteiger partial charge in [-0.1, -0.05) is 35.4 Å². The van der Waals surface area contributed by atoms with Crippen molar-refractivity contribution in [3.8, 4) is 11.5 Å². The van der Waals surface area contributed by atoms with Crippen molar-refractivity contribution in [2.24, 2.45) is 0 Å². The summed E-state index contributed by atoms with van der Waals surface area (Å²) in [6, 6.07) is 14.4. The van der Waals surface area contributed by atoms with Gasteiger partial charge in [0, 0.05) is 0 Å². The molecule has 0 bridgehead atoms. The fraction of sp³-hybridized carbons (Fsp3) is 0.231. The lowest BCUT2D eigenvalue weighted by atomic mass is 9.96. The number of allylic oxidation sites excluding steroid dienone is 2. The number of carbonyl (C=O) groups excluding carboxylic acids is 2. The molecule has 0 unspecified atom stereocenters. The van der Waals surface area contributed by atoms with Crippen molar-refractivity contribution in [1.82, 2.24) is 5.32 Å². The quantitative estimate of drug-likeness (QED) is 0.488. The van der Waals surface area contributed by atoms with Gasteiger partial charge in [0.25, 0.3) is 11.8 Å². The zero-order chi connectivity index (χ0) is 22.4. The van der Waals surface area contributed by atoms with Gasteiger partial charge in [-0.15, -0.1) is 0 Å². The maximum absolute atomic E-state index is 12.5. The summed E-state index contributed by atoms with van der Waals surface area (Å²) in [4.78, 5) is 25.0. The lowest BCUT2D eigenvalue weighted by molar-refractivity contribution is -0.122. The van der Waals surface area contributed by atoms with Crippen LogP contribution in [0.1, 0.15) is 38.8 Å². The van der Waals surface area contributed by atoms with Crippen molar-refractivity contribution >= 4 is 23.0 Å². The fourth-order valence-electron chi connectivity index (χ4n) is 3.05. The van der Waals surface area contributed by atoms with Crippen LogP contribution in [-0.2, 0) is 9.59 Å². The summed E-state index contributed by atoms with van der Waals surface area (Å²) >= 11 is 0. The number of amides is 2. The lowest BCUT2D eigenvalue weighted by Crippen LogP contribution is -2.22. The number of hydrogen-bond donors (Lipinski definition) is 1. The van der Waals surface area contributed by atoms with Gasteiger partial charge in [-0.3, -0.25) is 14.9 Å². The van der Waals surface area contributed by atoms with Crippen LogP contribution in [0, 0.1) is 0 Å². The van der Waals surface area contributed by atoms with E-state index in [0.29, 0.717) is 47.0 Å². The lowest BCUT2D eigenvalue weighted by Gasteiger charge is -2.08. The summed E-state index contributed by atoms with van der Waals surface area (Å²) in [6.07, 6.45) is 3.98. The molecule has 1 heterocycles. The second-order valence-electron chi connectivity index (χ2n) is 7.77. The molecular formula is C26H27NO4. The Kier molecular flexibility index (Phi) is 7.08. The number of rotatable bonds is 8. The predicted octanol–water partition coefficient (Wildman–Crippen LogP) is 4.94. The van der Waals surface area contributed by atoms with Gasteiger partial charge >= 0.3 is 0 Å². The third kappa shape index (κ3) is 5.72. The van der Waals surface area contributed by atoms with Gasteiger partial charge in [-0.05, 0) is 75.2 Å². The van der Waals surface area contributed by atoms with Gasteiger partial charge in [-0.25, -0.2) is 0 Å². The Hall–Kier alpha value is -3.60. The van der Waals surface area contributed by atoms with Crippen LogP contribution in [0.5, 0.6) is 11.5 Å². The second kappa shape index (κ2) is 9.94. The van der Waals surface area contributed by atoms with E-state index in [1.807, 2.05) is 39.8 Å². The second-order valence-corrected chi connectivity index (χ2v) is 7.77. The number of carbonyl (C=O) groups is 2. The Morgan fingerprint density at radius 2 is 1.03 bits per heavy atom. The van der Waals surface area contributed by atoms with Gasteiger partial charge in [-0.2, -0.15) is 0 Å². The molecule has 1 aliphatic rings. The zero-order valence-electron chi connectivity index (χ0n) is 18.3. The van der Waals surface area contributed by atoms with E-state index in [9.17, 15) is 9.59 Å². The Morgan fingerprint density at radius 1 is 0.677 bits per heavy atom. The standard InChI is InChI=1S/C26H27NO4/c1-17(2)13-15-30-21-9-5-19(6-10-21)23-24(26(29)27-25(23)28)20-7-11-22(12-8-20)31-16-14-18(3)4/h5-14H,15-16H2,1-4H3,(H,27,28,29). The maximum Gasteiger partial charge on any atom is 0.259 e. The molecule has 31 heavy (non-hydrogen) atoms. The van der Waals surface area contributed by atoms with E-state index in [0.717, 1.165) is 0 Å². The number of hydrogen-bond acceptors (Lipinski definition) is 4. The summed E-state index contributed by atoms with van der Waals surface area (Å²) in [7, 11) is 0. The number of ether oxygens (including phenoxy) is 2. The SMILES string of the molecule is CC(C)=CCOc1ccc(C2=C(c3ccc(OCC=C(C)C)cc3)C(=O)NC2=O)cc1. The van der Waals surface area contributed by atoms with Gasteiger partial charge < -0.3 is 9.47 Å². The van der Waals surface area contributed by atoms with Crippen LogP contribution in [0.2, 0.25) is 0 Å². The minimum atomic E-state index is -0.401. The number of benzene rings is 2. The molecular weight excluding hydrogens is 390 g/mol. The molecule has 0 atom stereocenters. The zero-order valence-corrected chi connectivity index (χ0v) is 18.3. The molecule has 0 fully saturated rings. The highest BCUT2D eigenvalue weighted by Crippen LogP contribution is 2.32. The van der Waals surface area contributed by atoms with Crippen molar-refractivity contribution in [3.05, 3.63) is 83.0 Å². The molecule has 1 aliphatic heterocycles. The minimum absolute atomic E-state index is 0.360. The molecule has 5 heteroatoms. The van der Waals surface area contributed by atoms with Gasteiger partial charge in [0.05, 0.1) is 11.1 Å². The van der Waals surface area contributed by atoms with E-state index in [-0.39, 0.29) is 0 Å². The largest absolute Gasteiger partial charge is 0.490 e. The number of nitrogens with one attached hydrogen (secondary N) is 1. The molecule has 0 saturated heterocycles. The van der Waals surface area contributed by atoms with Gasteiger partial charge in [0.15, 0.2) is 0 Å². The molecule has 2 amide bonds. The average molecular weight is 418 g/mol. The molecule has 1 N–H and O–H groups in total. The summed E-state index contributed by atoms with van der Waals surface area (Å²) in [5.41, 5.74) is 4.41. The van der Waals surface area contributed by atoms with E-state index in [1.165, 1.54) is 11.1 Å². The van der Waals surface area contributed by atoms with E-state index in [4.69, 9.17) is 9.47 Å². The molecule has 3 rings (SSSR count). The fourth-order valence-corrected chi connectivity index (χ4v) is 3.05. The first-order valence-corrected chi connectivity index (χ1v) is 10.2. The Balaban J connectivity index is 1.84. The Labute approximate surface area is 183 Å². The van der Waals surface area contributed by atoms with E-state index in [2.05, 4.69) is 5.32 Å². The molecule has 5 nitrogen and oxygen atoms in total. The van der Waals surface area contributed by atoms with E-state index in [1.54, 1.807) is 48.5 Å². The topological polar surface area (TPSA) is 64.6 Å². The highest BCUT2D eigenvalue weighted by atomic mass is 16.5. The number of imide groups is 1. The smallest absolute Gasteiger partial charge is 0.259 e. The first kappa shape index (κ1) is 22.1. The van der Waals surface area contributed by atoms with Crippen molar-refractivity contribution < 1.29 is 19.1 Å². The first-order chi connectivity index (χ1) is 14.8. The Bertz CT molecular complexity index is 964. The molecule has 160 valence electrons. The van der Waals surface area contributed by atoms with Crippen molar-refractivity contribution in [1.29, 1.82) is 0 Å². The summed E-state index contributed by atoms with van der Waals surface area (Å²) in [5.74, 6) is 0.598. The molecule has 0 spiro atoms. The highest BCUT2D eigenvalue weighted by molar-refractivity contribution is 6.49. The summed E-state index contributed by atoms with van der Waals surface area (Å²) in [5, 5.41) is 2.41. The Morgan fingerprint density at radius 3 is 1.35 bits per heavy atom. The van der Waals surface area contributed by atoms with Crippen LogP contribution in [0.25, 0.3) is 11.1 Å². The average Bonchev–Trinajstić information content (AvgIpc) is 3.02. The van der Waals surface area contributed by atoms with Crippen LogP contribution in [-0.4, -0.2) is 25.0 Å². The summed E-state index contributed by atoms with van der Waals surface area (Å²) in [6.45, 7) is 9.01. The first-order valence-electron chi connectivity index (χ1n) is 10.2. The van der Waals surface area contributed by atoms with Crippen LogP contribution in [0.3, 0.4) is 0 Å². The van der Waals surface area contributed by atoms with Crippen LogP contribution >= 0.6 is 0 Å². The third-order valence-electron chi connectivity index (χ3n) is 4.70. The van der Waals surface area contributed by atoms with Crippen molar-refractivity contribution in [3.63, 3.8) is 0 Å². The van der Waals surface area contributed by atoms with Crippen molar-refractivity contribution in [2.45, 2.75) is 27.7 Å². The minimum Gasteiger partial charge on any atom is -0.490 e. The predicted molar refractivity (Wildman–Crippen MR) is 123 cm³/mol. The highest BCUT2D eigenvalue weighted by Gasteiger charge is 2.32. The third-order valence-corrected chi connectivity index (χ3v) is 4.70. The monoisotopic (exact) mass is 417 g/mol. The van der Waals surface area contributed by atoms with E-state index >= 15 is 0 Å². The molecule has 2 aromatic carbocycles. The van der Waals surface area contributed by atoms with Crippen molar-refractivity contribution in [2.75, 3.05) is 13.2 Å². The molecule has 0 aromatic heterocycles. The molecule has 0 aliphatic carbocycles. The molecule has 0 radical (unpaired) electrons. The summed E-state index contributed by atoms with van der Waals surface area (Å²) < 4.78 is 11.4. The van der Waals surface area contributed by atoms with Crippen LogP contribution in [0.4, 0.5) is 0 Å². The van der Waals surface area contributed by atoms with Crippen LogP contribution in [0.15, 0.2) is 71.8 Å². The van der Waals surface area contributed by atoms with E-state index < -0.39 is 11.8 Å². The maximum atomic E-state index is 12.5. The van der Waals surface area contributed by atoms with Gasteiger partial charge in [0.2, 0.25) is 0 Å². The van der Waals surface area contributed by atoms with Gasteiger partial charge in [0.1, 0.15) is 24.7 Å². The normalized spacial score (nSPS) is 13.0. The van der Waals surface area contributed by atoms with Crippen LogP contribution < -0.4 is 14.8 Å².